The maximum absolute atomic E-state index is 12.2. The first-order valence-electron chi connectivity index (χ1n) is 13.0. The minimum absolute atomic E-state index is 0.0564. The molecule has 0 heterocycles. The van der Waals surface area contributed by atoms with Crippen LogP contribution in [0.5, 0.6) is 0 Å². The fourth-order valence-electron chi connectivity index (χ4n) is 3.28. The summed E-state index contributed by atoms with van der Waals surface area (Å²) in [6.07, 6.45) is 13.3. The number of hydrogen-bond donors (Lipinski definition) is 2. The van der Waals surface area contributed by atoms with Crippen LogP contribution in [0.4, 0.5) is 0 Å². The summed E-state index contributed by atoms with van der Waals surface area (Å²) in [7, 11) is -4.34. The van der Waals surface area contributed by atoms with Gasteiger partial charge < -0.3 is 20.1 Å². The number of esters is 2. The van der Waals surface area contributed by atoms with Gasteiger partial charge in [-0.3, -0.25) is 18.6 Å². The minimum Gasteiger partial charge on any atom is -0.462 e. The number of carbonyl (C=O) groups excluding carboxylic acids is 2. The van der Waals surface area contributed by atoms with E-state index in [9.17, 15) is 19.0 Å². The summed E-state index contributed by atoms with van der Waals surface area (Å²) in [5, 5.41) is 0. The monoisotopic (exact) mass is 509 g/mol. The summed E-state index contributed by atoms with van der Waals surface area (Å²) < 4.78 is 32.1. The quantitative estimate of drug-likeness (QED) is 0.0992. The number of phosphoric acid groups is 1. The number of phosphoric ester groups is 1. The van der Waals surface area contributed by atoms with Gasteiger partial charge in [-0.2, -0.15) is 0 Å². The second kappa shape index (κ2) is 22.5. The zero-order valence-electron chi connectivity index (χ0n) is 21.3. The molecule has 10 heteroatoms. The third kappa shape index (κ3) is 21.5. The Balaban J connectivity index is 4.44. The van der Waals surface area contributed by atoms with E-state index in [1.165, 1.54) is 32.1 Å². The van der Waals surface area contributed by atoms with E-state index in [-0.39, 0.29) is 32.6 Å². The van der Waals surface area contributed by atoms with Crippen molar-refractivity contribution in [3.63, 3.8) is 0 Å². The number of carbonyl (C=O) groups is 2. The van der Waals surface area contributed by atoms with Gasteiger partial charge in [0.25, 0.3) is 0 Å². The van der Waals surface area contributed by atoms with E-state index in [1.807, 2.05) is 0 Å². The summed E-state index contributed by atoms with van der Waals surface area (Å²) in [6, 6.07) is 0. The summed E-state index contributed by atoms with van der Waals surface area (Å²) in [4.78, 5) is 33.9. The standard InChI is InChI=1S/C24H48NO8P/c1-3-5-7-9-11-13-15-17-24(27)33-22(21-32-34(28,29)31-19-18-25)20-30-23(26)16-14-12-10-8-6-4-2/h22H,3-21,25H2,1-2H3,(H,28,29)/t22-/m0/s1. The van der Waals surface area contributed by atoms with Crippen LogP contribution in [0.15, 0.2) is 0 Å². The molecule has 0 aromatic heterocycles. The van der Waals surface area contributed by atoms with Crippen molar-refractivity contribution in [3.05, 3.63) is 0 Å². The lowest BCUT2D eigenvalue weighted by Crippen LogP contribution is -2.29. The zero-order chi connectivity index (χ0) is 25.5. The zero-order valence-corrected chi connectivity index (χ0v) is 22.2. The summed E-state index contributed by atoms with van der Waals surface area (Å²) in [6.45, 7) is 3.56. The molecule has 0 fully saturated rings. The average Bonchev–Trinajstić information content (AvgIpc) is 2.81. The molecule has 0 amide bonds. The number of ether oxygens (including phenoxy) is 2. The molecule has 3 N–H and O–H groups in total. The average molecular weight is 510 g/mol. The maximum atomic E-state index is 12.2. The molecule has 0 aliphatic rings. The molecule has 0 aliphatic carbocycles. The first-order valence-corrected chi connectivity index (χ1v) is 14.5. The normalized spacial score (nSPS) is 13.9. The Kier molecular flexibility index (Phi) is 21.8. The van der Waals surface area contributed by atoms with Crippen molar-refractivity contribution in [1.82, 2.24) is 0 Å². The molecule has 2 atom stereocenters. The molecule has 0 aliphatic heterocycles. The van der Waals surface area contributed by atoms with Gasteiger partial charge in [-0.05, 0) is 12.8 Å². The Morgan fingerprint density at radius 1 is 0.765 bits per heavy atom. The predicted octanol–water partition coefficient (Wildman–Crippen LogP) is 5.43. The van der Waals surface area contributed by atoms with Crippen LogP contribution in [-0.2, 0) is 32.7 Å². The highest BCUT2D eigenvalue weighted by molar-refractivity contribution is 7.47. The predicted molar refractivity (Wildman–Crippen MR) is 132 cm³/mol. The third-order valence-electron chi connectivity index (χ3n) is 5.24. The van der Waals surface area contributed by atoms with Crippen LogP contribution < -0.4 is 5.73 Å². The molecule has 0 saturated heterocycles. The number of unbranched alkanes of at least 4 members (excludes halogenated alkanes) is 11. The Labute approximate surface area is 206 Å². The molecule has 0 radical (unpaired) electrons. The van der Waals surface area contributed by atoms with E-state index in [0.717, 1.165) is 44.9 Å². The van der Waals surface area contributed by atoms with E-state index in [4.69, 9.17) is 19.7 Å². The van der Waals surface area contributed by atoms with Crippen molar-refractivity contribution in [2.75, 3.05) is 26.4 Å². The van der Waals surface area contributed by atoms with Crippen LogP contribution in [0, 0.1) is 0 Å². The molecule has 0 spiro atoms. The molecular formula is C24H48NO8P. The van der Waals surface area contributed by atoms with Gasteiger partial charge in [-0.15, -0.1) is 0 Å². The van der Waals surface area contributed by atoms with Gasteiger partial charge in [-0.25, -0.2) is 4.57 Å². The van der Waals surface area contributed by atoms with Gasteiger partial charge in [0.1, 0.15) is 6.61 Å². The minimum atomic E-state index is -4.34. The van der Waals surface area contributed by atoms with Crippen molar-refractivity contribution >= 4 is 19.8 Å². The van der Waals surface area contributed by atoms with E-state index in [0.29, 0.717) is 6.42 Å². The molecule has 1 unspecified atom stereocenters. The van der Waals surface area contributed by atoms with Crippen LogP contribution in [0.25, 0.3) is 0 Å². The molecular weight excluding hydrogens is 461 g/mol. The Morgan fingerprint density at radius 3 is 1.79 bits per heavy atom. The Bertz CT molecular complexity index is 561. The molecule has 0 saturated carbocycles. The van der Waals surface area contributed by atoms with E-state index in [1.54, 1.807) is 0 Å². The van der Waals surface area contributed by atoms with Gasteiger partial charge in [0.15, 0.2) is 6.10 Å². The Morgan fingerprint density at radius 2 is 1.26 bits per heavy atom. The van der Waals surface area contributed by atoms with Crippen molar-refractivity contribution in [3.8, 4) is 0 Å². The number of rotatable bonds is 24. The highest BCUT2D eigenvalue weighted by Crippen LogP contribution is 2.43. The largest absolute Gasteiger partial charge is 0.472 e. The molecule has 0 rings (SSSR count). The van der Waals surface area contributed by atoms with Crippen molar-refractivity contribution in [2.45, 2.75) is 116 Å². The van der Waals surface area contributed by atoms with Crippen molar-refractivity contribution < 1.29 is 37.6 Å². The van der Waals surface area contributed by atoms with Gasteiger partial charge in [-0.1, -0.05) is 84.5 Å². The lowest BCUT2D eigenvalue weighted by Gasteiger charge is -2.19. The lowest BCUT2D eigenvalue weighted by atomic mass is 10.1. The summed E-state index contributed by atoms with van der Waals surface area (Å²) in [5.41, 5.74) is 5.26. The molecule has 0 aromatic rings. The highest BCUT2D eigenvalue weighted by Gasteiger charge is 2.25. The van der Waals surface area contributed by atoms with Gasteiger partial charge in [0.2, 0.25) is 0 Å². The molecule has 0 aromatic carbocycles. The Hall–Kier alpha value is -0.990. The fourth-order valence-corrected chi connectivity index (χ4v) is 4.04. The van der Waals surface area contributed by atoms with Crippen molar-refractivity contribution in [1.29, 1.82) is 0 Å². The SMILES string of the molecule is CCCCCCCCCC(=O)O[C@@H](COC(=O)CCCCCCCC)COP(=O)(O)OCCN. The van der Waals surface area contributed by atoms with E-state index in [2.05, 4.69) is 18.4 Å². The molecule has 34 heavy (non-hydrogen) atoms. The van der Waals surface area contributed by atoms with Crippen LogP contribution >= 0.6 is 7.82 Å². The second-order valence-corrected chi connectivity index (χ2v) is 10.0. The van der Waals surface area contributed by atoms with Gasteiger partial charge in [0.05, 0.1) is 13.2 Å². The van der Waals surface area contributed by atoms with E-state index < -0.39 is 32.5 Å². The van der Waals surface area contributed by atoms with Crippen LogP contribution in [0.2, 0.25) is 0 Å². The maximum Gasteiger partial charge on any atom is 0.472 e. The molecule has 0 bridgehead atoms. The molecule has 202 valence electrons. The van der Waals surface area contributed by atoms with Crippen LogP contribution in [0.1, 0.15) is 110 Å². The van der Waals surface area contributed by atoms with Crippen LogP contribution in [-0.4, -0.2) is 49.3 Å². The fraction of sp³-hybridized carbons (Fsp3) is 0.917. The number of nitrogens with two attached hydrogens (primary N) is 1. The topological polar surface area (TPSA) is 134 Å². The number of hydrogen-bond acceptors (Lipinski definition) is 8. The second-order valence-electron chi connectivity index (χ2n) is 8.57. The first kappa shape index (κ1) is 33.0. The smallest absolute Gasteiger partial charge is 0.462 e. The first-order chi connectivity index (χ1) is 16.3. The summed E-state index contributed by atoms with van der Waals surface area (Å²) >= 11 is 0. The highest BCUT2D eigenvalue weighted by atomic mass is 31.2. The van der Waals surface area contributed by atoms with Gasteiger partial charge in [0, 0.05) is 19.4 Å². The summed E-state index contributed by atoms with van der Waals surface area (Å²) in [5.74, 6) is -0.847. The van der Waals surface area contributed by atoms with Gasteiger partial charge >= 0.3 is 19.8 Å². The van der Waals surface area contributed by atoms with Crippen LogP contribution in [0.3, 0.4) is 0 Å². The lowest BCUT2D eigenvalue weighted by molar-refractivity contribution is -0.161. The van der Waals surface area contributed by atoms with Crippen molar-refractivity contribution in [2.24, 2.45) is 5.73 Å². The third-order valence-corrected chi connectivity index (χ3v) is 6.23. The molecule has 9 nitrogen and oxygen atoms in total. The van der Waals surface area contributed by atoms with E-state index >= 15 is 0 Å².